The number of hydrogen-bond donors (Lipinski definition) is 2. The molecule has 0 aliphatic heterocycles. The Labute approximate surface area is 242 Å². The van der Waals surface area contributed by atoms with E-state index in [4.69, 9.17) is 14.5 Å². The van der Waals surface area contributed by atoms with Crippen LogP contribution >= 0.6 is 0 Å². The number of para-hydroxylation sites is 1. The number of carbonyl (C=O) groups is 3. The fraction of sp³-hybridized carbons (Fsp3) is 0.156. The number of carbonyl (C=O) groups excluding carboxylic acids is 3. The molecule has 0 spiro atoms. The first-order chi connectivity index (χ1) is 20.2. The molecular formula is C32H29N5O5. The number of rotatable bonds is 8. The smallest absolute Gasteiger partial charge is 0.339 e. The van der Waals surface area contributed by atoms with Gasteiger partial charge in [-0.3, -0.25) is 9.59 Å². The molecule has 1 unspecified atom stereocenters. The third kappa shape index (κ3) is 5.97. The average Bonchev–Trinajstić information content (AvgIpc) is 3.34. The number of pyridine rings is 1. The molecule has 0 bridgehead atoms. The van der Waals surface area contributed by atoms with Gasteiger partial charge in [-0.2, -0.15) is 5.10 Å². The topological polar surface area (TPSA) is 124 Å². The van der Waals surface area contributed by atoms with Crippen molar-refractivity contribution in [1.29, 1.82) is 0 Å². The Kier molecular flexibility index (Phi) is 7.96. The zero-order valence-corrected chi connectivity index (χ0v) is 23.5. The Bertz CT molecular complexity index is 1760. The lowest BCUT2D eigenvalue weighted by Gasteiger charge is -2.15. The number of aryl methyl sites for hydroxylation is 1. The molecule has 0 radical (unpaired) electrons. The van der Waals surface area contributed by atoms with Crippen LogP contribution in [0.3, 0.4) is 0 Å². The van der Waals surface area contributed by atoms with E-state index in [1.54, 1.807) is 49.0 Å². The lowest BCUT2D eigenvalue weighted by Crippen LogP contribution is -2.30. The molecule has 0 fully saturated rings. The summed E-state index contributed by atoms with van der Waals surface area (Å²) in [5, 5.41) is 10.6. The number of hydrogen-bond acceptors (Lipinski definition) is 7. The molecule has 2 aromatic heterocycles. The van der Waals surface area contributed by atoms with Crippen LogP contribution in [0.1, 0.15) is 29.9 Å². The first-order valence-corrected chi connectivity index (χ1v) is 13.2. The van der Waals surface area contributed by atoms with Gasteiger partial charge in [0.1, 0.15) is 5.75 Å². The van der Waals surface area contributed by atoms with E-state index in [1.165, 1.54) is 13.8 Å². The molecule has 0 aliphatic carbocycles. The summed E-state index contributed by atoms with van der Waals surface area (Å²) in [6.07, 6.45) is -1.11. The Morgan fingerprint density at radius 1 is 0.881 bits per heavy atom. The van der Waals surface area contributed by atoms with Crippen LogP contribution in [0.5, 0.6) is 5.75 Å². The Morgan fingerprint density at radius 3 is 2.14 bits per heavy atom. The molecule has 42 heavy (non-hydrogen) atoms. The summed E-state index contributed by atoms with van der Waals surface area (Å²) >= 11 is 0. The number of fused-ring (bicyclic) bond motifs is 1. The van der Waals surface area contributed by atoms with Gasteiger partial charge >= 0.3 is 5.97 Å². The van der Waals surface area contributed by atoms with Crippen LogP contribution in [0.2, 0.25) is 0 Å². The lowest BCUT2D eigenvalue weighted by atomic mass is 10.1. The third-order valence-electron chi connectivity index (χ3n) is 6.55. The molecule has 5 rings (SSSR count). The first kappa shape index (κ1) is 28.0. The van der Waals surface area contributed by atoms with Crippen molar-refractivity contribution in [2.45, 2.75) is 26.9 Å². The molecular weight excluding hydrogens is 534 g/mol. The van der Waals surface area contributed by atoms with E-state index >= 15 is 0 Å². The fourth-order valence-electron chi connectivity index (χ4n) is 4.47. The predicted octanol–water partition coefficient (Wildman–Crippen LogP) is 5.55. The van der Waals surface area contributed by atoms with Crippen LogP contribution < -0.4 is 15.4 Å². The molecule has 2 amide bonds. The van der Waals surface area contributed by atoms with Gasteiger partial charge in [-0.05, 0) is 80.6 Å². The summed E-state index contributed by atoms with van der Waals surface area (Å²) in [5.74, 6) is -0.698. The van der Waals surface area contributed by atoms with Crippen molar-refractivity contribution in [3.05, 3.63) is 96.2 Å². The predicted molar refractivity (Wildman–Crippen MR) is 160 cm³/mol. The quantitative estimate of drug-likeness (QED) is 0.237. The second-order valence-corrected chi connectivity index (χ2v) is 9.61. The van der Waals surface area contributed by atoms with E-state index in [1.807, 2.05) is 54.6 Å². The van der Waals surface area contributed by atoms with E-state index in [9.17, 15) is 14.4 Å². The van der Waals surface area contributed by atoms with Gasteiger partial charge in [-0.15, -0.1) is 0 Å². The summed E-state index contributed by atoms with van der Waals surface area (Å²) in [7, 11) is 1.59. The molecule has 2 heterocycles. The molecule has 10 nitrogen and oxygen atoms in total. The zero-order valence-electron chi connectivity index (χ0n) is 23.5. The number of nitrogens with one attached hydrogen (secondary N) is 2. The minimum Gasteiger partial charge on any atom is -0.497 e. The molecule has 2 N–H and O–H groups in total. The van der Waals surface area contributed by atoms with E-state index in [-0.39, 0.29) is 11.5 Å². The van der Waals surface area contributed by atoms with Crippen LogP contribution in [0.4, 0.5) is 11.4 Å². The van der Waals surface area contributed by atoms with E-state index in [2.05, 4.69) is 15.7 Å². The van der Waals surface area contributed by atoms with Crippen molar-refractivity contribution in [2.24, 2.45) is 0 Å². The van der Waals surface area contributed by atoms with Crippen LogP contribution in [-0.2, 0) is 14.3 Å². The van der Waals surface area contributed by atoms with Gasteiger partial charge in [0.15, 0.2) is 11.8 Å². The van der Waals surface area contributed by atoms with Crippen molar-refractivity contribution in [3.8, 4) is 22.7 Å². The highest BCUT2D eigenvalue weighted by Gasteiger charge is 2.25. The molecule has 0 saturated heterocycles. The van der Waals surface area contributed by atoms with Crippen molar-refractivity contribution in [3.63, 3.8) is 0 Å². The average molecular weight is 564 g/mol. The molecule has 0 saturated carbocycles. The number of nitrogens with zero attached hydrogens (tertiary/aromatic N) is 3. The number of methoxy groups -OCH3 is 1. The maximum atomic E-state index is 13.6. The number of anilines is 2. The molecule has 10 heteroatoms. The van der Waals surface area contributed by atoms with Crippen molar-refractivity contribution >= 4 is 40.2 Å². The maximum absolute atomic E-state index is 13.6. The van der Waals surface area contributed by atoms with Gasteiger partial charge in [-0.25, -0.2) is 14.5 Å². The van der Waals surface area contributed by atoms with Crippen LogP contribution in [-0.4, -0.2) is 45.8 Å². The van der Waals surface area contributed by atoms with Crippen molar-refractivity contribution in [1.82, 2.24) is 14.8 Å². The first-order valence-electron chi connectivity index (χ1n) is 13.2. The summed E-state index contributed by atoms with van der Waals surface area (Å²) < 4.78 is 12.6. The van der Waals surface area contributed by atoms with Crippen LogP contribution in [0.25, 0.3) is 28.0 Å². The Balaban J connectivity index is 1.47. The van der Waals surface area contributed by atoms with Crippen molar-refractivity contribution in [2.75, 3.05) is 17.7 Å². The minimum atomic E-state index is -1.11. The highest BCUT2D eigenvalue weighted by molar-refractivity contribution is 6.06. The van der Waals surface area contributed by atoms with Crippen LogP contribution in [0, 0.1) is 6.92 Å². The molecule has 212 valence electrons. The van der Waals surface area contributed by atoms with Gasteiger partial charge in [0.25, 0.3) is 5.91 Å². The highest BCUT2D eigenvalue weighted by Crippen LogP contribution is 2.30. The highest BCUT2D eigenvalue weighted by atomic mass is 16.5. The third-order valence-corrected chi connectivity index (χ3v) is 6.55. The maximum Gasteiger partial charge on any atom is 0.339 e. The van der Waals surface area contributed by atoms with Crippen LogP contribution in [0.15, 0.2) is 84.9 Å². The second-order valence-electron chi connectivity index (χ2n) is 9.61. The lowest BCUT2D eigenvalue weighted by molar-refractivity contribution is -0.123. The summed E-state index contributed by atoms with van der Waals surface area (Å²) in [6, 6.07) is 25.1. The standard InChI is InChI=1S/C32H29N5O5/c1-19-29-27(32(40)42-20(2)31(39)34-24-14-12-23(13-15-24)33-21(3)38)18-28(22-10-16-26(41-4)17-11-22)35-30(29)37(36-19)25-8-6-5-7-9-25/h5-18,20H,1-4H3,(H,33,38)(H,34,39). The number of amides is 2. The molecule has 1 atom stereocenters. The normalized spacial score (nSPS) is 11.5. The minimum absolute atomic E-state index is 0.197. The largest absolute Gasteiger partial charge is 0.497 e. The number of esters is 1. The van der Waals surface area contributed by atoms with Crippen molar-refractivity contribution < 1.29 is 23.9 Å². The van der Waals surface area contributed by atoms with E-state index in [0.29, 0.717) is 39.5 Å². The molecule has 3 aromatic carbocycles. The molecule has 0 aliphatic rings. The van der Waals surface area contributed by atoms with Gasteiger partial charge < -0.3 is 20.1 Å². The monoisotopic (exact) mass is 563 g/mol. The SMILES string of the molecule is COc1ccc(-c2cc(C(=O)OC(C)C(=O)Nc3ccc(NC(C)=O)cc3)c3c(C)nn(-c4ccccc4)c3n2)cc1. The molecule has 5 aromatic rings. The Morgan fingerprint density at radius 2 is 1.52 bits per heavy atom. The van der Waals surface area contributed by atoms with Gasteiger partial charge in [0, 0.05) is 23.9 Å². The zero-order chi connectivity index (χ0) is 29.8. The van der Waals surface area contributed by atoms with E-state index in [0.717, 1.165) is 11.3 Å². The van der Waals surface area contributed by atoms with Gasteiger partial charge in [-0.1, -0.05) is 18.2 Å². The Hall–Kier alpha value is -5.51. The number of ether oxygens (including phenoxy) is 2. The number of aromatic nitrogens is 3. The number of benzene rings is 3. The summed E-state index contributed by atoms with van der Waals surface area (Å²) in [6.45, 7) is 4.71. The van der Waals surface area contributed by atoms with Gasteiger partial charge in [0.05, 0.1) is 35.1 Å². The fourth-order valence-corrected chi connectivity index (χ4v) is 4.47. The van der Waals surface area contributed by atoms with E-state index < -0.39 is 18.0 Å². The van der Waals surface area contributed by atoms with Gasteiger partial charge in [0.2, 0.25) is 5.91 Å². The second kappa shape index (κ2) is 11.9. The summed E-state index contributed by atoms with van der Waals surface area (Å²) in [4.78, 5) is 42.7. The summed E-state index contributed by atoms with van der Waals surface area (Å²) in [5.41, 5.74) is 4.48.